The van der Waals surface area contributed by atoms with Gasteiger partial charge in [-0.15, -0.1) is 0 Å². The van der Waals surface area contributed by atoms with Gasteiger partial charge in [-0.3, -0.25) is 14.7 Å². The SMILES string of the molecule is COc1cc(/C=C/C(=O)N2CCN(Cc3ccccn3)CC2)cc(OC)c1. The van der Waals surface area contributed by atoms with Gasteiger partial charge in [0, 0.05) is 51.1 Å². The highest BCUT2D eigenvalue weighted by Gasteiger charge is 2.19. The van der Waals surface area contributed by atoms with Gasteiger partial charge in [-0.2, -0.15) is 0 Å². The molecule has 0 saturated carbocycles. The largest absolute Gasteiger partial charge is 0.497 e. The van der Waals surface area contributed by atoms with Crippen molar-refractivity contribution >= 4 is 12.0 Å². The maximum atomic E-state index is 12.5. The summed E-state index contributed by atoms with van der Waals surface area (Å²) >= 11 is 0. The number of piperazine rings is 1. The van der Waals surface area contributed by atoms with Crippen LogP contribution < -0.4 is 9.47 Å². The van der Waals surface area contributed by atoms with Gasteiger partial charge in [-0.05, 0) is 35.9 Å². The van der Waals surface area contributed by atoms with Gasteiger partial charge in [0.15, 0.2) is 0 Å². The quantitative estimate of drug-likeness (QED) is 0.734. The van der Waals surface area contributed by atoms with Crippen molar-refractivity contribution < 1.29 is 14.3 Å². The number of benzene rings is 1. The molecule has 2 aromatic rings. The summed E-state index contributed by atoms with van der Waals surface area (Å²) in [4.78, 5) is 21.1. The lowest BCUT2D eigenvalue weighted by Gasteiger charge is -2.34. The lowest BCUT2D eigenvalue weighted by molar-refractivity contribution is -0.127. The van der Waals surface area contributed by atoms with Gasteiger partial charge >= 0.3 is 0 Å². The molecule has 1 aliphatic rings. The Morgan fingerprint density at radius 2 is 1.78 bits per heavy atom. The van der Waals surface area contributed by atoms with E-state index in [9.17, 15) is 4.79 Å². The third-order valence-corrected chi connectivity index (χ3v) is 4.59. The zero-order chi connectivity index (χ0) is 19.1. The fraction of sp³-hybridized carbons (Fsp3) is 0.333. The molecule has 142 valence electrons. The summed E-state index contributed by atoms with van der Waals surface area (Å²) in [7, 11) is 3.22. The van der Waals surface area contributed by atoms with E-state index in [0.717, 1.165) is 44.0 Å². The first-order chi connectivity index (χ1) is 13.2. The van der Waals surface area contributed by atoms with Crippen LogP contribution in [-0.4, -0.2) is 61.1 Å². The highest BCUT2D eigenvalue weighted by atomic mass is 16.5. The number of nitrogens with zero attached hydrogens (tertiary/aromatic N) is 3. The number of ether oxygens (including phenoxy) is 2. The van der Waals surface area contributed by atoms with E-state index in [2.05, 4.69) is 9.88 Å². The molecule has 6 heteroatoms. The number of aromatic nitrogens is 1. The zero-order valence-corrected chi connectivity index (χ0v) is 15.8. The minimum atomic E-state index is 0.0225. The summed E-state index contributed by atoms with van der Waals surface area (Å²) in [5.41, 5.74) is 1.93. The molecule has 0 aliphatic carbocycles. The van der Waals surface area contributed by atoms with E-state index in [1.54, 1.807) is 32.4 Å². The highest BCUT2D eigenvalue weighted by molar-refractivity contribution is 5.92. The number of methoxy groups -OCH3 is 2. The molecule has 0 atom stereocenters. The number of hydrogen-bond acceptors (Lipinski definition) is 5. The molecule has 1 aromatic heterocycles. The molecule has 6 nitrogen and oxygen atoms in total. The fourth-order valence-corrected chi connectivity index (χ4v) is 3.05. The fourth-order valence-electron chi connectivity index (χ4n) is 3.05. The van der Waals surface area contributed by atoms with E-state index >= 15 is 0 Å². The van der Waals surface area contributed by atoms with E-state index in [-0.39, 0.29) is 5.91 Å². The van der Waals surface area contributed by atoms with Crippen LogP contribution in [0.2, 0.25) is 0 Å². The van der Waals surface area contributed by atoms with Crippen LogP contribution in [0, 0.1) is 0 Å². The third-order valence-electron chi connectivity index (χ3n) is 4.59. The van der Waals surface area contributed by atoms with Crippen LogP contribution in [-0.2, 0) is 11.3 Å². The van der Waals surface area contributed by atoms with E-state index in [4.69, 9.17) is 9.47 Å². The van der Waals surface area contributed by atoms with Crippen LogP contribution >= 0.6 is 0 Å². The van der Waals surface area contributed by atoms with E-state index < -0.39 is 0 Å². The van der Waals surface area contributed by atoms with Gasteiger partial charge in [0.25, 0.3) is 0 Å². The van der Waals surface area contributed by atoms with Crippen molar-refractivity contribution in [2.24, 2.45) is 0 Å². The molecular weight excluding hydrogens is 342 g/mol. The van der Waals surface area contributed by atoms with E-state index in [0.29, 0.717) is 11.5 Å². The van der Waals surface area contributed by atoms with Crippen molar-refractivity contribution in [3.05, 3.63) is 59.9 Å². The van der Waals surface area contributed by atoms with Gasteiger partial charge in [-0.25, -0.2) is 0 Å². The Morgan fingerprint density at radius 3 is 2.37 bits per heavy atom. The third kappa shape index (κ3) is 5.31. The number of amides is 1. The molecule has 1 saturated heterocycles. The Labute approximate surface area is 160 Å². The molecule has 0 bridgehead atoms. The number of carbonyl (C=O) groups is 1. The second-order valence-corrected chi connectivity index (χ2v) is 6.40. The Morgan fingerprint density at radius 1 is 1.07 bits per heavy atom. The van der Waals surface area contributed by atoms with Crippen LogP contribution in [0.25, 0.3) is 6.08 Å². The monoisotopic (exact) mass is 367 g/mol. The molecule has 1 amide bonds. The van der Waals surface area contributed by atoms with Crippen LogP contribution in [0.3, 0.4) is 0 Å². The molecule has 27 heavy (non-hydrogen) atoms. The topological polar surface area (TPSA) is 54.9 Å². The maximum absolute atomic E-state index is 12.5. The van der Waals surface area contributed by atoms with Crippen LogP contribution in [0.1, 0.15) is 11.3 Å². The van der Waals surface area contributed by atoms with Crippen molar-refractivity contribution in [2.75, 3.05) is 40.4 Å². The Balaban J connectivity index is 1.54. The molecule has 2 heterocycles. The molecule has 0 N–H and O–H groups in total. The van der Waals surface area contributed by atoms with Crippen molar-refractivity contribution in [3.63, 3.8) is 0 Å². The summed E-state index contributed by atoms with van der Waals surface area (Å²) in [5, 5.41) is 0. The summed E-state index contributed by atoms with van der Waals surface area (Å²) in [6, 6.07) is 11.5. The van der Waals surface area contributed by atoms with Crippen molar-refractivity contribution in [3.8, 4) is 11.5 Å². The van der Waals surface area contributed by atoms with Crippen LogP contribution in [0.4, 0.5) is 0 Å². The van der Waals surface area contributed by atoms with Crippen molar-refractivity contribution in [1.29, 1.82) is 0 Å². The van der Waals surface area contributed by atoms with Crippen LogP contribution in [0.5, 0.6) is 11.5 Å². The minimum Gasteiger partial charge on any atom is -0.497 e. The first-order valence-corrected chi connectivity index (χ1v) is 9.00. The number of hydrogen-bond donors (Lipinski definition) is 0. The van der Waals surface area contributed by atoms with Crippen LogP contribution in [0.15, 0.2) is 48.7 Å². The van der Waals surface area contributed by atoms with E-state index in [1.165, 1.54) is 0 Å². The minimum absolute atomic E-state index is 0.0225. The predicted molar refractivity (Wildman–Crippen MR) is 105 cm³/mol. The van der Waals surface area contributed by atoms with Crippen molar-refractivity contribution in [1.82, 2.24) is 14.8 Å². The molecule has 3 rings (SSSR count). The summed E-state index contributed by atoms with van der Waals surface area (Å²) in [5.74, 6) is 1.42. The standard InChI is InChI=1S/C21H25N3O3/c1-26-19-13-17(14-20(15-19)27-2)6-7-21(25)24-11-9-23(10-12-24)16-18-5-3-4-8-22-18/h3-8,13-15H,9-12,16H2,1-2H3/b7-6+. The summed E-state index contributed by atoms with van der Waals surface area (Å²) in [6.45, 7) is 3.96. The second kappa shape index (κ2) is 9.19. The predicted octanol–water partition coefficient (Wildman–Crippen LogP) is 2.46. The lowest BCUT2D eigenvalue weighted by Crippen LogP contribution is -2.47. The number of rotatable bonds is 6. The Bertz CT molecular complexity index is 762. The maximum Gasteiger partial charge on any atom is 0.246 e. The normalized spacial score (nSPS) is 15.1. The molecular formula is C21H25N3O3. The highest BCUT2D eigenvalue weighted by Crippen LogP contribution is 2.23. The smallest absolute Gasteiger partial charge is 0.246 e. The molecule has 0 spiro atoms. The zero-order valence-electron chi connectivity index (χ0n) is 15.8. The van der Waals surface area contributed by atoms with Gasteiger partial charge in [-0.1, -0.05) is 6.07 Å². The number of pyridine rings is 1. The van der Waals surface area contributed by atoms with Gasteiger partial charge < -0.3 is 14.4 Å². The summed E-state index contributed by atoms with van der Waals surface area (Å²) < 4.78 is 10.5. The molecule has 1 aromatic carbocycles. The van der Waals surface area contributed by atoms with Gasteiger partial charge in [0.1, 0.15) is 11.5 Å². The lowest BCUT2D eigenvalue weighted by atomic mass is 10.1. The molecule has 0 unspecified atom stereocenters. The average Bonchev–Trinajstić information content (AvgIpc) is 2.73. The van der Waals surface area contributed by atoms with Crippen molar-refractivity contribution in [2.45, 2.75) is 6.54 Å². The first kappa shape index (κ1) is 18.9. The molecule has 1 fully saturated rings. The Kier molecular flexibility index (Phi) is 6.44. The molecule has 1 aliphatic heterocycles. The second-order valence-electron chi connectivity index (χ2n) is 6.40. The first-order valence-electron chi connectivity index (χ1n) is 9.00. The van der Waals surface area contributed by atoms with Gasteiger partial charge in [0.05, 0.1) is 19.9 Å². The molecule has 0 radical (unpaired) electrons. The average molecular weight is 367 g/mol. The van der Waals surface area contributed by atoms with E-state index in [1.807, 2.05) is 41.4 Å². The van der Waals surface area contributed by atoms with Gasteiger partial charge in [0.2, 0.25) is 5.91 Å². The Hall–Kier alpha value is -2.86. The summed E-state index contributed by atoms with van der Waals surface area (Å²) in [6.07, 6.45) is 5.23. The number of carbonyl (C=O) groups excluding carboxylic acids is 1.